The lowest BCUT2D eigenvalue weighted by molar-refractivity contribution is -0.385. The molecular formula is C15H13N3O8S. The maximum atomic E-state index is 12.9. The Bertz CT molecular complexity index is 1040. The van der Waals surface area contributed by atoms with Gasteiger partial charge < -0.3 is 5.11 Å². The molecule has 0 unspecified atom stereocenters. The van der Waals surface area contributed by atoms with Crippen molar-refractivity contribution in [3.05, 3.63) is 68.3 Å². The average Bonchev–Trinajstić information content (AvgIpc) is 2.59. The minimum Gasteiger partial charge on any atom is -0.480 e. The minimum atomic E-state index is -4.54. The summed E-state index contributed by atoms with van der Waals surface area (Å²) < 4.78 is 26.4. The van der Waals surface area contributed by atoms with Gasteiger partial charge in [0.1, 0.15) is 6.54 Å². The standard InChI is InChI=1S/C15H13N3O8S/c1-10-13(6-3-7-14(10)18(23)24)16(9-15(19)20)27(25,26)12-5-2-4-11(8-12)17(21)22/h2-8H,9H2,1H3,(H,19,20). The number of benzene rings is 2. The van der Waals surface area contributed by atoms with E-state index < -0.39 is 48.7 Å². The third-order valence-electron chi connectivity index (χ3n) is 3.64. The molecule has 0 spiro atoms. The number of sulfonamides is 1. The second-order valence-corrected chi connectivity index (χ2v) is 7.20. The minimum absolute atomic E-state index is 0.0576. The summed E-state index contributed by atoms with van der Waals surface area (Å²) in [6.07, 6.45) is 0. The van der Waals surface area contributed by atoms with Gasteiger partial charge in [-0.1, -0.05) is 12.1 Å². The topological polar surface area (TPSA) is 161 Å². The normalized spacial score (nSPS) is 11.0. The van der Waals surface area contributed by atoms with E-state index in [0.717, 1.165) is 30.3 Å². The molecule has 2 aromatic carbocycles. The monoisotopic (exact) mass is 395 g/mol. The van der Waals surface area contributed by atoms with E-state index in [1.165, 1.54) is 19.1 Å². The first-order valence-corrected chi connectivity index (χ1v) is 8.72. The summed E-state index contributed by atoms with van der Waals surface area (Å²) in [5.41, 5.74) is -1.16. The smallest absolute Gasteiger partial charge is 0.324 e. The fourth-order valence-corrected chi connectivity index (χ4v) is 3.90. The van der Waals surface area contributed by atoms with E-state index in [1.807, 2.05) is 0 Å². The molecule has 0 saturated carbocycles. The molecule has 0 aliphatic heterocycles. The van der Waals surface area contributed by atoms with Gasteiger partial charge in [-0.05, 0) is 19.1 Å². The molecule has 142 valence electrons. The van der Waals surface area contributed by atoms with Crippen LogP contribution in [0.3, 0.4) is 0 Å². The average molecular weight is 395 g/mol. The summed E-state index contributed by atoms with van der Waals surface area (Å²) in [6, 6.07) is 7.68. The third kappa shape index (κ3) is 4.00. The van der Waals surface area contributed by atoms with E-state index in [4.69, 9.17) is 5.11 Å². The number of aliphatic carboxylic acids is 1. The van der Waals surface area contributed by atoms with E-state index in [-0.39, 0.29) is 11.3 Å². The Hall–Kier alpha value is -3.54. The highest BCUT2D eigenvalue weighted by molar-refractivity contribution is 7.92. The summed E-state index contributed by atoms with van der Waals surface area (Å²) in [7, 11) is -4.54. The van der Waals surface area contributed by atoms with Crippen LogP contribution in [0.15, 0.2) is 47.4 Å². The van der Waals surface area contributed by atoms with E-state index in [1.54, 1.807) is 0 Å². The van der Waals surface area contributed by atoms with Crippen LogP contribution in [0.2, 0.25) is 0 Å². The molecule has 0 amide bonds. The molecule has 27 heavy (non-hydrogen) atoms. The van der Waals surface area contributed by atoms with Gasteiger partial charge in [-0.25, -0.2) is 8.42 Å². The van der Waals surface area contributed by atoms with Gasteiger partial charge in [0.05, 0.1) is 26.0 Å². The first-order chi connectivity index (χ1) is 12.6. The molecule has 0 atom stereocenters. The molecule has 12 heteroatoms. The second kappa shape index (κ2) is 7.37. The van der Waals surface area contributed by atoms with E-state index >= 15 is 0 Å². The number of hydrogen-bond donors (Lipinski definition) is 1. The Morgan fingerprint density at radius 3 is 2.30 bits per heavy atom. The Morgan fingerprint density at radius 1 is 1.11 bits per heavy atom. The quantitative estimate of drug-likeness (QED) is 0.550. The molecule has 0 fully saturated rings. The molecule has 2 rings (SSSR count). The van der Waals surface area contributed by atoms with Crippen molar-refractivity contribution in [3.63, 3.8) is 0 Å². The zero-order valence-corrected chi connectivity index (χ0v) is 14.6. The lowest BCUT2D eigenvalue weighted by atomic mass is 10.1. The van der Waals surface area contributed by atoms with Gasteiger partial charge in [0.2, 0.25) is 0 Å². The first-order valence-electron chi connectivity index (χ1n) is 7.28. The number of anilines is 1. The number of rotatable bonds is 7. The Morgan fingerprint density at radius 2 is 1.74 bits per heavy atom. The third-order valence-corrected chi connectivity index (χ3v) is 5.39. The van der Waals surface area contributed by atoms with Gasteiger partial charge in [0, 0.05) is 18.2 Å². The molecule has 11 nitrogen and oxygen atoms in total. The van der Waals surface area contributed by atoms with Gasteiger partial charge >= 0.3 is 5.97 Å². The van der Waals surface area contributed by atoms with Gasteiger partial charge in [0.15, 0.2) is 0 Å². The molecule has 0 aromatic heterocycles. The predicted octanol–water partition coefficient (Wildman–Crippen LogP) is 2.09. The largest absolute Gasteiger partial charge is 0.480 e. The summed E-state index contributed by atoms with van der Waals surface area (Å²) in [5, 5.41) is 31.1. The zero-order chi connectivity index (χ0) is 20.4. The Kier molecular flexibility index (Phi) is 5.40. The molecule has 0 saturated heterocycles. The highest BCUT2D eigenvalue weighted by atomic mass is 32.2. The van der Waals surface area contributed by atoms with Crippen molar-refractivity contribution >= 4 is 33.1 Å². The fraction of sp³-hybridized carbons (Fsp3) is 0.133. The predicted molar refractivity (Wildman–Crippen MR) is 93.1 cm³/mol. The maximum Gasteiger partial charge on any atom is 0.324 e. The van der Waals surface area contributed by atoms with Crippen LogP contribution < -0.4 is 4.31 Å². The number of carboxylic acid groups (broad SMARTS) is 1. The summed E-state index contributed by atoms with van der Waals surface area (Å²) in [6.45, 7) is 0.262. The van der Waals surface area contributed by atoms with Crippen molar-refractivity contribution in [1.82, 2.24) is 0 Å². The lowest BCUT2D eigenvalue weighted by Gasteiger charge is -2.24. The maximum absolute atomic E-state index is 12.9. The Balaban J connectivity index is 2.69. The highest BCUT2D eigenvalue weighted by Gasteiger charge is 2.31. The SMILES string of the molecule is Cc1c(N(CC(=O)O)S(=O)(=O)c2cccc([N+](=O)[O-])c2)cccc1[N+](=O)[O-]. The van der Waals surface area contributed by atoms with Crippen LogP contribution in [0.1, 0.15) is 5.56 Å². The van der Waals surface area contributed by atoms with Crippen LogP contribution in [0.4, 0.5) is 17.1 Å². The van der Waals surface area contributed by atoms with E-state index in [9.17, 15) is 33.4 Å². The summed E-state index contributed by atoms with van der Waals surface area (Å²) >= 11 is 0. The molecular weight excluding hydrogens is 382 g/mol. The van der Waals surface area contributed by atoms with Crippen molar-refractivity contribution in [3.8, 4) is 0 Å². The number of carbonyl (C=O) groups is 1. The zero-order valence-electron chi connectivity index (χ0n) is 13.8. The van der Waals surface area contributed by atoms with Crippen molar-refractivity contribution in [2.24, 2.45) is 0 Å². The fourth-order valence-electron chi connectivity index (χ4n) is 2.39. The number of nitrogens with zero attached hydrogens (tertiary/aromatic N) is 3. The van der Waals surface area contributed by atoms with Gasteiger partial charge in [-0.3, -0.25) is 29.3 Å². The van der Waals surface area contributed by atoms with E-state index in [2.05, 4.69) is 0 Å². The lowest BCUT2D eigenvalue weighted by Crippen LogP contribution is -2.36. The highest BCUT2D eigenvalue weighted by Crippen LogP contribution is 2.32. The molecule has 0 heterocycles. The molecule has 2 aromatic rings. The second-order valence-electron chi connectivity index (χ2n) is 5.34. The van der Waals surface area contributed by atoms with Crippen LogP contribution in [-0.4, -0.2) is 35.9 Å². The van der Waals surface area contributed by atoms with Gasteiger partial charge in [0.25, 0.3) is 21.4 Å². The van der Waals surface area contributed by atoms with Crippen LogP contribution >= 0.6 is 0 Å². The molecule has 0 radical (unpaired) electrons. The summed E-state index contributed by atoms with van der Waals surface area (Å²) in [5.74, 6) is -1.50. The van der Waals surface area contributed by atoms with Crippen LogP contribution in [0.5, 0.6) is 0 Å². The summed E-state index contributed by atoms with van der Waals surface area (Å²) in [4.78, 5) is 31.2. The molecule has 1 N–H and O–H groups in total. The first kappa shape index (κ1) is 19.8. The number of hydrogen-bond acceptors (Lipinski definition) is 7. The number of non-ortho nitro benzene ring substituents is 1. The van der Waals surface area contributed by atoms with Crippen LogP contribution in [0, 0.1) is 27.2 Å². The van der Waals surface area contributed by atoms with E-state index in [0.29, 0.717) is 4.31 Å². The van der Waals surface area contributed by atoms with Crippen molar-refractivity contribution in [2.75, 3.05) is 10.8 Å². The molecule has 0 aliphatic carbocycles. The van der Waals surface area contributed by atoms with Crippen molar-refractivity contribution in [2.45, 2.75) is 11.8 Å². The number of carboxylic acids is 1. The molecule has 0 aliphatic rings. The number of nitro groups is 2. The van der Waals surface area contributed by atoms with Crippen molar-refractivity contribution < 1.29 is 28.2 Å². The van der Waals surface area contributed by atoms with Gasteiger partial charge in [-0.15, -0.1) is 0 Å². The van der Waals surface area contributed by atoms with Gasteiger partial charge in [-0.2, -0.15) is 0 Å². The van der Waals surface area contributed by atoms with Crippen LogP contribution in [-0.2, 0) is 14.8 Å². The Labute approximate surface area is 152 Å². The molecule has 0 bridgehead atoms. The van der Waals surface area contributed by atoms with Crippen LogP contribution in [0.25, 0.3) is 0 Å². The van der Waals surface area contributed by atoms with Crippen molar-refractivity contribution in [1.29, 1.82) is 0 Å². The number of nitro benzene ring substituents is 2.